The standard InChI is InChI=1S/C13H21N5O2S/c1-6-17-11(5)13(10(4)15-17)16-21(19,20)12-7-14-18(8-12)9(2)3/h7-9,16H,6H2,1-5H3. The Hall–Kier alpha value is -1.83. The van der Waals surface area contributed by atoms with Gasteiger partial charge in [-0.25, -0.2) is 8.42 Å². The van der Waals surface area contributed by atoms with Crippen molar-refractivity contribution in [1.29, 1.82) is 0 Å². The molecule has 0 bridgehead atoms. The number of hydrogen-bond acceptors (Lipinski definition) is 4. The molecule has 0 radical (unpaired) electrons. The molecule has 0 aliphatic heterocycles. The molecule has 2 rings (SSSR count). The molecule has 0 atom stereocenters. The van der Waals surface area contributed by atoms with Crippen molar-refractivity contribution in [3.63, 3.8) is 0 Å². The molecule has 0 aliphatic carbocycles. The Labute approximate surface area is 125 Å². The fourth-order valence-corrected chi connectivity index (χ4v) is 3.20. The summed E-state index contributed by atoms with van der Waals surface area (Å²) >= 11 is 0. The first-order chi connectivity index (χ1) is 9.76. The molecule has 7 nitrogen and oxygen atoms in total. The predicted molar refractivity (Wildman–Crippen MR) is 80.8 cm³/mol. The largest absolute Gasteiger partial charge is 0.276 e. The van der Waals surface area contributed by atoms with E-state index in [-0.39, 0.29) is 10.9 Å². The molecule has 0 aromatic carbocycles. The Bertz CT molecular complexity index is 743. The Morgan fingerprint density at radius 1 is 1.33 bits per heavy atom. The molecule has 0 aliphatic rings. The van der Waals surface area contributed by atoms with Gasteiger partial charge in [-0.15, -0.1) is 0 Å². The Balaban J connectivity index is 2.35. The molecule has 2 aromatic heterocycles. The summed E-state index contributed by atoms with van der Waals surface area (Å²) in [6.07, 6.45) is 2.89. The van der Waals surface area contributed by atoms with Crippen LogP contribution in [0.5, 0.6) is 0 Å². The molecule has 8 heteroatoms. The van der Waals surface area contributed by atoms with Crippen LogP contribution in [-0.2, 0) is 16.6 Å². The van der Waals surface area contributed by atoms with Gasteiger partial charge >= 0.3 is 0 Å². The number of rotatable bonds is 5. The number of sulfonamides is 1. The number of nitrogens with one attached hydrogen (secondary N) is 1. The lowest BCUT2D eigenvalue weighted by Gasteiger charge is -2.07. The van der Waals surface area contributed by atoms with Crippen molar-refractivity contribution in [2.24, 2.45) is 0 Å². The quantitative estimate of drug-likeness (QED) is 0.916. The Kier molecular flexibility index (Phi) is 4.08. The summed E-state index contributed by atoms with van der Waals surface area (Å²) in [5, 5.41) is 8.38. The van der Waals surface area contributed by atoms with Gasteiger partial charge in [0.1, 0.15) is 4.90 Å². The smallest absolute Gasteiger partial charge is 0.265 e. The second kappa shape index (κ2) is 5.51. The summed E-state index contributed by atoms with van der Waals surface area (Å²) in [6, 6.07) is 0.111. The zero-order valence-electron chi connectivity index (χ0n) is 13.0. The molecular formula is C13H21N5O2S. The molecular weight excluding hydrogens is 290 g/mol. The summed E-state index contributed by atoms with van der Waals surface area (Å²) in [7, 11) is -3.65. The number of hydrogen-bond donors (Lipinski definition) is 1. The monoisotopic (exact) mass is 311 g/mol. The zero-order chi connectivity index (χ0) is 15.8. The van der Waals surface area contributed by atoms with E-state index in [0.717, 1.165) is 5.69 Å². The van der Waals surface area contributed by atoms with E-state index in [0.29, 0.717) is 17.9 Å². The molecule has 21 heavy (non-hydrogen) atoms. The van der Waals surface area contributed by atoms with Gasteiger partial charge in [0.25, 0.3) is 10.0 Å². The van der Waals surface area contributed by atoms with Crippen LogP contribution in [-0.4, -0.2) is 28.0 Å². The first kappa shape index (κ1) is 15.6. The second-order valence-corrected chi connectivity index (χ2v) is 6.90. The van der Waals surface area contributed by atoms with Crippen LogP contribution in [0.25, 0.3) is 0 Å². The van der Waals surface area contributed by atoms with Gasteiger partial charge in [0, 0.05) is 18.8 Å². The molecule has 2 aromatic rings. The molecule has 0 amide bonds. The topological polar surface area (TPSA) is 81.8 Å². The minimum atomic E-state index is -3.65. The zero-order valence-corrected chi connectivity index (χ0v) is 13.8. The van der Waals surface area contributed by atoms with Gasteiger partial charge in [-0.2, -0.15) is 10.2 Å². The van der Waals surface area contributed by atoms with Crippen LogP contribution in [0.4, 0.5) is 5.69 Å². The van der Waals surface area contributed by atoms with Crippen LogP contribution in [0.2, 0.25) is 0 Å². The summed E-state index contributed by atoms with van der Waals surface area (Å²) in [5.41, 5.74) is 2.00. The highest BCUT2D eigenvalue weighted by molar-refractivity contribution is 7.92. The Morgan fingerprint density at radius 3 is 2.48 bits per heavy atom. The van der Waals surface area contributed by atoms with Crippen LogP contribution in [0, 0.1) is 13.8 Å². The molecule has 2 heterocycles. The summed E-state index contributed by atoms with van der Waals surface area (Å²) in [4.78, 5) is 0.152. The van der Waals surface area contributed by atoms with Gasteiger partial charge in [-0.3, -0.25) is 14.1 Å². The third-order valence-corrected chi connectivity index (χ3v) is 4.64. The van der Waals surface area contributed by atoms with Crippen molar-refractivity contribution in [1.82, 2.24) is 19.6 Å². The fraction of sp³-hybridized carbons (Fsp3) is 0.538. The number of nitrogens with zero attached hydrogens (tertiary/aromatic N) is 4. The number of aryl methyl sites for hydroxylation is 2. The molecule has 116 valence electrons. The third-order valence-electron chi connectivity index (χ3n) is 3.33. The van der Waals surface area contributed by atoms with Crippen LogP contribution in [0.3, 0.4) is 0 Å². The third kappa shape index (κ3) is 2.94. The number of anilines is 1. The normalized spacial score (nSPS) is 12.1. The maximum absolute atomic E-state index is 12.4. The van der Waals surface area contributed by atoms with Crippen molar-refractivity contribution < 1.29 is 8.42 Å². The lowest BCUT2D eigenvalue weighted by atomic mass is 10.3. The average molecular weight is 311 g/mol. The van der Waals surface area contributed by atoms with E-state index < -0.39 is 10.0 Å². The van der Waals surface area contributed by atoms with Gasteiger partial charge < -0.3 is 0 Å². The van der Waals surface area contributed by atoms with E-state index in [1.807, 2.05) is 27.7 Å². The van der Waals surface area contributed by atoms with Gasteiger partial charge in [-0.05, 0) is 34.6 Å². The van der Waals surface area contributed by atoms with Crippen LogP contribution < -0.4 is 4.72 Å². The highest BCUT2D eigenvalue weighted by atomic mass is 32.2. The number of aromatic nitrogens is 4. The molecule has 0 saturated carbocycles. The lowest BCUT2D eigenvalue weighted by molar-refractivity contribution is 0.531. The van der Waals surface area contributed by atoms with E-state index >= 15 is 0 Å². The van der Waals surface area contributed by atoms with E-state index in [2.05, 4.69) is 14.9 Å². The van der Waals surface area contributed by atoms with Crippen LogP contribution in [0.15, 0.2) is 17.3 Å². The highest BCUT2D eigenvalue weighted by Crippen LogP contribution is 2.23. The maximum Gasteiger partial charge on any atom is 0.265 e. The molecule has 0 spiro atoms. The van der Waals surface area contributed by atoms with Crippen molar-refractivity contribution in [2.75, 3.05) is 4.72 Å². The highest BCUT2D eigenvalue weighted by Gasteiger charge is 2.21. The van der Waals surface area contributed by atoms with E-state index in [1.165, 1.54) is 12.4 Å². The van der Waals surface area contributed by atoms with Crippen LogP contribution in [0.1, 0.15) is 38.2 Å². The lowest BCUT2D eigenvalue weighted by Crippen LogP contribution is -2.14. The van der Waals surface area contributed by atoms with Crippen molar-refractivity contribution in [2.45, 2.75) is 52.1 Å². The summed E-state index contributed by atoms with van der Waals surface area (Å²) in [6.45, 7) is 10.2. The molecule has 0 fully saturated rings. The van der Waals surface area contributed by atoms with E-state index in [1.54, 1.807) is 16.3 Å². The first-order valence-electron chi connectivity index (χ1n) is 6.87. The first-order valence-corrected chi connectivity index (χ1v) is 8.35. The maximum atomic E-state index is 12.4. The van der Waals surface area contributed by atoms with E-state index in [9.17, 15) is 8.42 Å². The van der Waals surface area contributed by atoms with E-state index in [4.69, 9.17) is 0 Å². The van der Waals surface area contributed by atoms with Crippen molar-refractivity contribution in [3.05, 3.63) is 23.8 Å². The minimum Gasteiger partial charge on any atom is -0.276 e. The van der Waals surface area contributed by atoms with Gasteiger partial charge in [0.05, 0.1) is 23.3 Å². The Morgan fingerprint density at radius 2 is 2.00 bits per heavy atom. The molecule has 0 saturated heterocycles. The SMILES string of the molecule is CCn1nc(C)c(NS(=O)(=O)c2cnn(C(C)C)c2)c1C. The van der Waals surface area contributed by atoms with Crippen LogP contribution >= 0.6 is 0 Å². The molecule has 1 N–H and O–H groups in total. The second-order valence-electron chi connectivity index (χ2n) is 5.22. The van der Waals surface area contributed by atoms with Crippen molar-refractivity contribution >= 4 is 15.7 Å². The minimum absolute atomic E-state index is 0.111. The van der Waals surface area contributed by atoms with Crippen molar-refractivity contribution in [3.8, 4) is 0 Å². The molecule has 0 unspecified atom stereocenters. The van der Waals surface area contributed by atoms with Gasteiger partial charge in [0.2, 0.25) is 0 Å². The average Bonchev–Trinajstić information content (AvgIpc) is 2.99. The van der Waals surface area contributed by atoms with Gasteiger partial charge in [0.15, 0.2) is 0 Å². The summed E-state index contributed by atoms with van der Waals surface area (Å²) < 4.78 is 30.9. The summed E-state index contributed by atoms with van der Waals surface area (Å²) in [5.74, 6) is 0. The predicted octanol–water partition coefficient (Wildman–Crippen LogP) is 2.10. The van der Waals surface area contributed by atoms with Gasteiger partial charge in [-0.1, -0.05) is 0 Å². The fourth-order valence-electron chi connectivity index (χ4n) is 2.09.